The first-order chi connectivity index (χ1) is 14.6. The first-order valence-electron chi connectivity index (χ1n) is 10.1. The molecular formula is C24H20FN3O2. The molecule has 5 rings (SSSR count). The standard InChI is InChI=1S/C24H20FN3O2/c25-18-7-3-6-16(12-18)21-14-23-26-11-10-22(28(23)27-21)17-8-9-19(24(29)30)20(13-17)15-4-1-2-5-15/h3,6-15H,1-2,4-5H2,(H,29,30). The Kier molecular flexibility index (Phi) is 4.54. The van der Waals surface area contributed by atoms with E-state index in [-0.39, 0.29) is 11.7 Å². The molecule has 0 bridgehead atoms. The van der Waals surface area contributed by atoms with Crippen molar-refractivity contribution < 1.29 is 14.3 Å². The van der Waals surface area contributed by atoms with Gasteiger partial charge >= 0.3 is 5.97 Å². The molecule has 5 nitrogen and oxygen atoms in total. The normalized spacial score (nSPS) is 14.4. The van der Waals surface area contributed by atoms with Crippen molar-refractivity contribution in [2.75, 3.05) is 0 Å². The zero-order chi connectivity index (χ0) is 20.7. The van der Waals surface area contributed by atoms with E-state index in [1.54, 1.807) is 22.8 Å². The lowest BCUT2D eigenvalue weighted by Crippen LogP contribution is -2.06. The molecule has 0 amide bonds. The predicted molar refractivity (Wildman–Crippen MR) is 112 cm³/mol. The van der Waals surface area contributed by atoms with Gasteiger partial charge in [0.1, 0.15) is 5.82 Å². The number of carbonyl (C=O) groups is 1. The lowest BCUT2D eigenvalue weighted by atomic mass is 9.90. The number of nitrogens with zero attached hydrogens (tertiary/aromatic N) is 3. The molecule has 1 fully saturated rings. The van der Waals surface area contributed by atoms with E-state index in [0.29, 0.717) is 22.5 Å². The third-order valence-electron chi connectivity index (χ3n) is 5.85. The van der Waals surface area contributed by atoms with Crippen molar-refractivity contribution >= 4 is 11.6 Å². The second-order valence-electron chi connectivity index (χ2n) is 7.73. The van der Waals surface area contributed by atoms with Gasteiger partial charge in [-0.15, -0.1) is 0 Å². The Morgan fingerprint density at radius 3 is 2.63 bits per heavy atom. The number of fused-ring (bicyclic) bond motifs is 1. The maximum absolute atomic E-state index is 13.6. The fraction of sp³-hybridized carbons (Fsp3) is 0.208. The van der Waals surface area contributed by atoms with Crippen molar-refractivity contribution in [2.24, 2.45) is 0 Å². The van der Waals surface area contributed by atoms with Gasteiger partial charge in [-0.2, -0.15) is 5.10 Å². The lowest BCUT2D eigenvalue weighted by molar-refractivity contribution is 0.0695. The minimum Gasteiger partial charge on any atom is -0.478 e. The van der Waals surface area contributed by atoms with Gasteiger partial charge < -0.3 is 5.11 Å². The van der Waals surface area contributed by atoms with E-state index in [9.17, 15) is 14.3 Å². The highest BCUT2D eigenvalue weighted by atomic mass is 19.1. The van der Waals surface area contributed by atoms with Crippen LogP contribution in [0.4, 0.5) is 4.39 Å². The van der Waals surface area contributed by atoms with Crippen LogP contribution in [-0.4, -0.2) is 25.7 Å². The van der Waals surface area contributed by atoms with Gasteiger partial charge in [-0.05, 0) is 54.7 Å². The Morgan fingerprint density at radius 2 is 1.87 bits per heavy atom. The summed E-state index contributed by atoms with van der Waals surface area (Å²) in [6.45, 7) is 0. The highest BCUT2D eigenvalue weighted by Gasteiger charge is 2.23. The van der Waals surface area contributed by atoms with E-state index < -0.39 is 5.97 Å². The number of aromatic nitrogens is 3. The van der Waals surface area contributed by atoms with Crippen molar-refractivity contribution in [3.05, 3.63) is 77.7 Å². The first kappa shape index (κ1) is 18.5. The van der Waals surface area contributed by atoms with Gasteiger partial charge in [0.05, 0.1) is 17.0 Å². The van der Waals surface area contributed by atoms with Crippen LogP contribution >= 0.6 is 0 Å². The number of hydrogen-bond donors (Lipinski definition) is 1. The van der Waals surface area contributed by atoms with E-state index in [0.717, 1.165) is 42.5 Å². The number of carboxylic acids is 1. The van der Waals surface area contributed by atoms with Crippen molar-refractivity contribution in [1.82, 2.24) is 14.6 Å². The van der Waals surface area contributed by atoms with E-state index in [1.165, 1.54) is 12.1 Å². The Bertz CT molecular complexity index is 1260. The summed E-state index contributed by atoms with van der Waals surface area (Å²) in [5.74, 6) is -0.937. The topological polar surface area (TPSA) is 67.5 Å². The summed E-state index contributed by atoms with van der Waals surface area (Å²) in [6.07, 6.45) is 6.00. The van der Waals surface area contributed by atoms with Gasteiger partial charge in [-0.25, -0.2) is 18.7 Å². The van der Waals surface area contributed by atoms with Gasteiger partial charge in [0.15, 0.2) is 5.65 Å². The monoisotopic (exact) mass is 401 g/mol. The molecule has 1 aliphatic carbocycles. The maximum Gasteiger partial charge on any atom is 0.335 e. The summed E-state index contributed by atoms with van der Waals surface area (Å²) in [4.78, 5) is 16.2. The molecule has 2 heterocycles. The highest BCUT2D eigenvalue weighted by Crippen LogP contribution is 2.38. The highest BCUT2D eigenvalue weighted by molar-refractivity contribution is 5.90. The fourth-order valence-corrected chi connectivity index (χ4v) is 4.39. The lowest BCUT2D eigenvalue weighted by Gasteiger charge is -2.15. The van der Waals surface area contributed by atoms with Crippen molar-refractivity contribution in [3.8, 4) is 22.5 Å². The van der Waals surface area contributed by atoms with Crippen LogP contribution in [0.15, 0.2) is 60.8 Å². The van der Waals surface area contributed by atoms with E-state index in [1.807, 2.05) is 30.3 Å². The Labute approximate surface area is 172 Å². The quantitative estimate of drug-likeness (QED) is 0.486. The molecule has 0 unspecified atom stereocenters. The Hall–Kier alpha value is -3.54. The molecule has 0 radical (unpaired) electrons. The second kappa shape index (κ2) is 7.37. The third kappa shape index (κ3) is 3.24. The Balaban J connectivity index is 1.64. The first-order valence-corrected chi connectivity index (χ1v) is 10.1. The molecule has 2 aromatic heterocycles. The van der Waals surface area contributed by atoms with Crippen LogP contribution in [-0.2, 0) is 0 Å². The molecule has 150 valence electrons. The summed E-state index contributed by atoms with van der Waals surface area (Å²) in [6, 6.07) is 15.5. The van der Waals surface area contributed by atoms with Crippen LogP contribution in [0.25, 0.3) is 28.2 Å². The number of carboxylic acid groups (broad SMARTS) is 1. The largest absolute Gasteiger partial charge is 0.478 e. The van der Waals surface area contributed by atoms with E-state index in [4.69, 9.17) is 0 Å². The third-order valence-corrected chi connectivity index (χ3v) is 5.85. The SMILES string of the molecule is O=C(O)c1ccc(-c2ccnc3cc(-c4cccc(F)c4)nn23)cc1C1CCCC1. The number of rotatable bonds is 4. The summed E-state index contributed by atoms with van der Waals surface area (Å²) in [5, 5.41) is 14.3. The average Bonchev–Trinajstić information content (AvgIpc) is 3.43. The molecule has 1 saturated carbocycles. The molecule has 4 aromatic rings. The number of benzene rings is 2. The number of halogens is 1. The van der Waals surface area contributed by atoms with Crippen LogP contribution in [0, 0.1) is 5.82 Å². The number of hydrogen-bond acceptors (Lipinski definition) is 3. The van der Waals surface area contributed by atoms with Crippen molar-refractivity contribution in [3.63, 3.8) is 0 Å². The van der Waals surface area contributed by atoms with Gasteiger partial charge in [0, 0.05) is 23.4 Å². The van der Waals surface area contributed by atoms with Gasteiger partial charge in [0.25, 0.3) is 0 Å². The van der Waals surface area contributed by atoms with Gasteiger partial charge in [-0.1, -0.05) is 31.0 Å². The zero-order valence-electron chi connectivity index (χ0n) is 16.3. The fourth-order valence-electron chi connectivity index (χ4n) is 4.39. The van der Waals surface area contributed by atoms with Crippen LogP contribution in [0.2, 0.25) is 0 Å². The zero-order valence-corrected chi connectivity index (χ0v) is 16.3. The van der Waals surface area contributed by atoms with Crippen molar-refractivity contribution in [1.29, 1.82) is 0 Å². The minimum absolute atomic E-state index is 0.272. The van der Waals surface area contributed by atoms with Gasteiger partial charge in [0.2, 0.25) is 0 Å². The van der Waals surface area contributed by atoms with Crippen LogP contribution < -0.4 is 0 Å². The molecule has 0 spiro atoms. The summed E-state index contributed by atoms with van der Waals surface area (Å²) >= 11 is 0. The molecule has 2 aromatic carbocycles. The number of aromatic carboxylic acids is 1. The smallest absolute Gasteiger partial charge is 0.335 e. The van der Waals surface area contributed by atoms with Crippen LogP contribution in [0.3, 0.4) is 0 Å². The maximum atomic E-state index is 13.6. The van der Waals surface area contributed by atoms with E-state index in [2.05, 4.69) is 10.1 Å². The van der Waals surface area contributed by atoms with Crippen LogP contribution in [0.1, 0.15) is 47.5 Å². The van der Waals surface area contributed by atoms with Crippen LogP contribution in [0.5, 0.6) is 0 Å². The van der Waals surface area contributed by atoms with Gasteiger partial charge in [-0.3, -0.25) is 0 Å². The molecule has 0 aliphatic heterocycles. The summed E-state index contributed by atoms with van der Waals surface area (Å²) in [5.41, 5.74) is 4.93. The predicted octanol–water partition coefficient (Wildman–Crippen LogP) is 5.56. The average molecular weight is 401 g/mol. The molecule has 1 aliphatic rings. The molecule has 0 saturated heterocycles. The second-order valence-corrected chi connectivity index (χ2v) is 7.73. The Morgan fingerprint density at radius 1 is 1.03 bits per heavy atom. The summed E-state index contributed by atoms with van der Waals surface area (Å²) < 4.78 is 15.4. The summed E-state index contributed by atoms with van der Waals surface area (Å²) in [7, 11) is 0. The minimum atomic E-state index is -0.893. The molecule has 30 heavy (non-hydrogen) atoms. The molecule has 1 N–H and O–H groups in total. The molecule has 6 heteroatoms. The van der Waals surface area contributed by atoms with Crippen molar-refractivity contribution in [2.45, 2.75) is 31.6 Å². The van der Waals surface area contributed by atoms with E-state index >= 15 is 0 Å². The molecule has 0 atom stereocenters. The molecular weight excluding hydrogens is 381 g/mol.